The summed E-state index contributed by atoms with van der Waals surface area (Å²) in [7, 11) is 0. The van der Waals surface area contributed by atoms with Crippen molar-refractivity contribution < 1.29 is 9.59 Å². The Bertz CT molecular complexity index is 672. The Kier molecular flexibility index (Phi) is 5.62. The lowest BCUT2D eigenvalue weighted by molar-refractivity contribution is -0.139. The Morgan fingerprint density at radius 3 is 2.45 bits per heavy atom. The summed E-state index contributed by atoms with van der Waals surface area (Å²) >= 11 is 5.76. The summed E-state index contributed by atoms with van der Waals surface area (Å²) in [5.41, 5.74) is 3.75. The van der Waals surface area contributed by atoms with Crippen LogP contribution in [-0.4, -0.2) is 23.0 Å². The van der Waals surface area contributed by atoms with Crippen LogP contribution in [0.15, 0.2) is 53.9 Å². The minimum Gasteiger partial charge on any atom is -0.344 e. The van der Waals surface area contributed by atoms with Crippen molar-refractivity contribution >= 4 is 29.6 Å². The number of hydrazone groups is 1. The molecule has 0 radical (unpaired) electrons. The van der Waals surface area contributed by atoms with Gasteiger partial charge in [-0.05, 0) is 35.4 Å². The van der Waals surface area contributed by atoms with Gasteiger partial charge in [0.25, 0.3) is 0 Å². The van der Waals surface area contributed by atoms with Crippen LogP contribution in [0.25, 0.3) is 0 Å². The summed E-state index contributed by atoms with van der Waals surface area (Å²) in [6.07, 6.45) is 4.62. The molecule has 1 aromatic heterocycles. The van der Waals surface area contributed by atoms with Crippen LogP contribution in [0.4, 0.5) is 0 Å². The van der Waals surface area contributed by atoms with Gasteiger partial charge < -0.3 is 5.32 Å². The zero-order valence-corrected chi connectivity index (χ0v) is 12.2. The maximum absolute atomic E-state index is 11.6. The fraction of sp³-hybridized carbons (Fsp3) is 0.0667. The summed E-state index contributed by atoms with van der Waals surface area (Å²) in [4.78, 5) is 27.0. The van der Waals surface area contributed by atoms with Gasteiger partial charge in [0.15, 0.2) is 0 Å². The van der Waals surface area contributed by atoms with Crippen LogP contribution in [0, 0.1) is 0 Å². The number of nitrogens with one attached hydrogen (secondary N) is 2. The molecule has 0 fully saturated rings. The van der Waals surface area contributed by atoms with E-state index < -0.39 is 11.8 Å². The van der Waals surface area contributed by atoms with Crippen molar-refractivity contribution in [2.45, 2.75) is 6.54 Å². The monoisotopic (exact) mass is 316 g/mol. The van der Waals surface area contributed by atoms with E-state index in [-0.39, 0.29) is 6.54 Å². The van der Waals surface area contributed by atoms with Gasteiger partial charge >= 0.3 is 11.8 Å². The van der Waals surface area contributed by atoms with Crippen molar-refractivity contribution in [2.75, 3.05) is 0 Å². The van der Waals surface area contributed by atoms with Gasteiger partial charge in [-0.15, -0.1) is 0 Å². The van der Waals surface area contributed by atoms with Gasteiger partial charge in [0.05, 0.1) is 6.21 Å². The first-order valence-corrected chi connectivity index (χ1v) is 6.78. The molecular weight excluding hydrogens is 304 g/mol. The predicted molar refractivity (Wildman–Crippen MR) is 83.3 cm³/mol. The molecule has 112 valence electrons. The number of amides is 2. The van der Waals surface area contributed by atoms with Crippen LogP contribution in [0.3, 0.4) is 0 Å². The number of hydrogen-bond donors (Lipinski definition) is 2. The number of aromatic nitrogens is 1. The topological polar surface area (TPSA) is 83.5 Å². The highest BCUT2D eigenvalue weighted by Crippen LogP contribution is 2.08. The first kappa shape index (κ1) is 15.7. The highest BCUT2D eigenvalue weighted by molar-refractivity contribution is 6.35. The molecule has 0 aliphatic rings. The van der Waals surface area contributed by atoms with E-state index in [0.717, 1.165) is 11.1 Å². The number of benzene rings is 1. The Labute approximate surface area is 132 Å². The second kappa shape index (κ2) is 7.90. The molecular formula is C15H13ClN4O2. The molecule has 2 aromatic rings. The largest absolute Gasteiger partial charge is 0.344 e. The van der Waals surface area contributed by atoms with Crippen molar-refractivity contribution in [3.05, 3.63) is 64.9 Å². The molecule has 0 unspecified atom stereocenters. The highest BCUT2D eigenvalue weighted by atomic mass is 35.5. The van der Waals surface area contributed by atoms with Gasteiger partial charge in [-0.1, -0.05) is 23.7 Å². The maximum Gasteiger partial charge on any atom is 0.329 e. The lowest BCUT2D eigenvalue weighted by Gasteiger charge is -2.04. The van der Waals surface area contributed by atoms with Crippen molar-refractivity contribution in [2.24, 2.45) is 5.10 Å². The molecule has 0 aliphatic carbocycles. The van der Waals surface area contributed by atoms with Crippen LogP contribution in [0.2, 0.25) is 5.02 Å². The quantitative estimate of drug-likeness (QED) is 0.509. The van der Waals surface area contributed by atoms with E-state index in [1.807, 2.05) is 0 Å². The van der Waals surface area contributed by atoms with Crippen LogP contribution < -0.4 is 10.7 Å². The van der Waals surface area contributed by atoms with Crippen molar-refractivity contribution in [3.8, 4) is 0 Å². The molecule has 0 saturated heterocycles. The smallest absolute Gasteiger partial charge is 0.329 e. The lowest BCUT2D eigenvalue weighted by atomic mass is 10.2. The van der Waals surface area contributed by atoms with Crippen molar-refractivity contribution in [1.82, 2.24) is 15.7 Å². The number of rotatable bonds is 4. The van der Waals surface area contributed by atoms with E-state index in [0.29, 0.717) is 5.02 Å². The minimum absolute atomic E-state index is 0.234. The van der Waals surface area contributed by atoms with E-state index >= 15 is 0 Å². The van der Waals surface area contributed by atoms with Gasteiger partial charge in [-0.25, -0.2) is 5.43 Å². The Morgan fingerprint density at radius 2 is 1.77 bits per heavy atom. The molecule has 2 rings (SSSR count). The van der Waals surface area contributed by atoms with Gasteiger partial charge in [-0.3, -0.25) is 14.6 Å². The summed E-state index contributed by atoms with van der Waals surface area (Å²) in [6.45, 7) is 0.234. The first-order chi connectivity index (χ1) is 10.6. The summed E-state index contributed by atoms with van der Waals surface area (Å²) in [6, 6.07) is 10.4. The zero-order valence-electron chi connectivity index (χ0n) is 11.5. The molecule has 0 atom stereocenters. The van der Waals surface area contributed by atoms with E-state index in [1.54, 1.807) is 48.8 Å². The predicted octanol–water partition coefficient (Wildman–Crippen LogP) is 1.50. The standard InChI is InChI=1S/C15H13ClN4O2/c16-13-3-1-11(2-4-13)9-18-14(21)15(22)20-19-10-12-5-7-17-8-6-12/h1-8,10H,9H2,(H,18,21)(H,20,22)/b19-10-. The second-order valence-electron chi connectivity index (χ2n) is 4.29. The van der Waals surface area contributed by atoms with Gasteiger partial charge in [0.1, 0.15) is 0 Å². The Morgan fingerprint density at radius 1 is 1.09 bits per heavy atom. The van der Waals surface area contributed by atoms with Crippen molar-refractivity contribution in [1.29, 1.82) is 0 Å². The fourth-order valence-corrected chi connectivity index (χ4v) is 1.66. The SMILES string of the molecule is O=C(NCc1ccc(Cl)cc1)C(=O)N/N=C\c1ccncc1. The average Bonchev–Trinajstić information content (AvgIpc) is 2.55. The summed E-state index contributed by atoms with van der Waals surface area (Å²) < 4.78 is 0. The third kappa shape index (κ3) is 4.99. The van der Waals surface area contributed by atoms with Crippen LogP contribution >= 0.6 is 11.6 Å². The molecule has 0 spiro atoms. The third-order valence-electron chi connectivity index (χ3n) is 2.66. The maximum atomic E-state index is 11.6. The molecule has 2 N–H and O–H groups in total. The Hall–Kier alpha value is -2.73. The summed E-state index contributed by atoms with van der Waals surface area (Å²) in [5.74, 6) is -1.60. The third-order valence-corrected chi connectivity index (χ3v) is 2.91. The zero-order chi connectivity index (χ0) is 15.8. The van der Waals surface area contributed by atoms with E-state index in [9.17, 15) is 9.59 Å². The van der Waals surface area contributed by atoms with E-state index in [1.165, 1.54) is 6.21 Å². The highest BCUT2D eigenvalue weighted by Gasteiger charge is 2.11. The second-order valence-corrected chi connectivity index (χ2v) is 4.73. The van der Waals surface area contributed by atoms with E-state index in [4.69, 9.17) is 11.6 Å². The van der Waals surface area contributed by atoms with E-state index in [2.05, 4.69) is 20.8 Å². The molecule has 0 saturated carbocycles. The molecule has 2 amide bonds. The number of carbonyl (C=O) groups is 2. The number of pyridine rings is 1. The number of halogens is 1. The average molecular weight is 317 g/mol. The molecule has 7 heteroatoms. The first-order valence-electron chi connectivity index (χ1n) is 6.41. The number of carbonyl (C=O) groups excluding carboxylic acids is 2. The van der Waals surface area contributed by atoms with Gasteiger partial charge in [0, 0.05) is 24.0 Å². The van der Waals surface area contributed by atoms with Crippen molar-refractivity contribution in [3.63, 3.8) is 0 Å². The molecule has 1 aromatic carbocycles. The number of hydrogen-bond acceptors (Lipinski definition) is 4. The Balaban J connectivity index is 1.78. The lowest BCUT2D eigenvalue weighted by Crippen LogP contribution is -2.37. The van der Waals surface area contributed by atoms with Crippen LogP contribution in [-0.2, 0) is 16.1 Å². The van der Waals surface area contributed by atoms with Gasteiger partial charge in [0.2, 0.25) is 0 Å². The van der Waals surface area contributed by atoms with Crippen LogP contribution in [0.5, 0.6) is 0 Å². The minimum atomic E-state index is -0.834. The summed E-state index contributed by atoms with van der Waals surface area (Å²) in [5, 5.41) is 6.80. The van der Waals surface area contributed by atoms with Crippen LogP contribution in [0.1, 0.15) is 11.1 Å². The molecule has 1 heterocycles. The fourth-order valence-electron chi connectivity index (χ4n) is 1.53. The molecule has 6 nitrogen and oxygen atoms in total. The molecule has 22 heavy (non-hydrogen) atoms. The molecule has 0 bridgehead atoms. The van der Waals surface area contributed by atoms with Gasteiger partial charge in [-0.2, -0.15) is 5.10 Å². The molecule has 0 aliphatic heterocycles. The number of nitrogens with zero attached hydrogens (tertiary/aromatic N) is 2. The normalized spacial score (nSPS) is 10.4.